The van der Waals surface area contributed by atoms with E-state index in [4.69, 9.17) is 9.47 Å². The van der Waals surface area contributed by atoms with Crippen molar-refractivity contribution < 1.29 is 19.0 Å². The van der Waals surface area contributed by atoms with E-state index in [0.29, 0.717) is 13.0 Å². The van der Waals surface area contributed by atoms with Crippen LogP contribution in [0.4, 0.5) is 0 Å². The number of unbranched alkanes of at least 4 members (excludes halogenated alkanes) is 1. The zero-order valence-electron chi connectivity index (χ0n) is 16.7. The van der Waals surface area contributed by atoms with Gasteiger partial charge in [0.15, 0.2) is 17.5 Å². The molecule has 0 bridgehead atoms. The standard InChI is InChI=1S/C19H31N3O4.HI/c1-5-20-19(21-12-7-6-8-18(23)26-4)22-13-11-15-9-10-16(24-2)17(14-15)25-3;/h9-10,14H,5-8,11-13H2,1-4H3,(H2,20,21,22);1H. The zero-order chi connectivity index (χ0) is 19.2. The van der Waals surface area contributed by atoms with Gasteiger partial charge in [0.1, 0.15) is 0 Å². The van der Waals surface area contributed by atoms with Gasteiger partial charge in [0.25, 0.3) is 0 Å². The van der Waals surface area contributed by atoms with Crippen molar-refractivity contribution in [2.75, 3.05) is 41.0 Å². The first kappa shape index (κ1) is 25.3. The molecule has 1 rings (SSSR count). The van der Waals surface area contributed by atoms with Crippen LogP contribution in [0.25, 0.3) is 0 Å². The van der Waals surface area contributed by atoms with Crippen LogP contribution >= 0.6 is 24.0 Å². The number of benzene rings is 1. The van der Waals surface area contributed by atoms with E-state index in [9.17, 15) is 4.79 Å². The molecular weight excluding hydrogens is 461 g/mol. The number of ether oxygens (including phenoxy) is 3. The van der Waals surface area contributed by atoms with Crippen LogP contribution in [0.2, 0.25) is 0 Å². The molecule has 1 aromatic rings. The summed E-state index contributed by atoms with van der Waals surface area (Å²) in [6.07, 6.45) is 2.91. The number of nitrogens with zero attached hydrogens (tertiary/aromatic N) is 1. The topological polar surface area (TPSA) is 81.2 Å². The molecule has 154 valence electrons. The van der Waals surface area contributed by atoms with Crippen molar-refractivity contribution in [1.82, 2.24) is 10.6 Å². The maximum absolute atomic E-state index is 11.1. The summed E-state index contributed by atoms with van der Waals surface area (Å²) in [6, 6.07) is 5.92. The molecule has 0 radical (unpaired) electrons. The molecule has 0 aliphatic heterocycles. The molecule has 8 heteroatoms. The first-order valence-corrected chi connectivity index (χ1v) is 8.94. The minimum atomic E-state index is -0.172. The lowest BCUT2D eigenvalue weighted by molar-refractivity contribution is -0.140. The van der Waals surface area contributed by atoms with Gasteiger partial charge in [-0.05, 0) is 43.9 Å². The molecule has 0 fully saturated rings. The third-order valence-corrected chi connectivity index (χ3v) is 3.78. The lowest BCUT2D eigenvalue weighted by atomic mass is 10.1. The second-order valence-electron chi connectivity index (χ2n) is 5.66. The second-order valence-corrected chi connectivity index (χ2v) is 5.66. The van der Waals surface area contributed by atoms with Crippen molar-refractivity contribution in [1.29, 1.82) is 0 Å². The highest BCUT2D eigenvalue weighted by molar-refractivity contribution is 14.0. The Morgan fingerprint density at radius 2 is 1.81 bits per heavy atom. The fraction of sp³-hybridized carbons (Fsp3) is 0.579. The highest BCUT2D eigenvalue weighted by Crippen LogP contribution is 2.27. The van der Waals surface area contributed by atoms with Gasteiger partial charge in [-0.25, -0.2) is 0 Å². The summed E-state index contributed by atoms with van der Waals surface area (Å²) >= 11 is 0. The highest BCUT2D eigenvalue weighted by Gasteiger charge is 2.05. The monoisotopic (exact) mass is 493 g/mol. The van der Waals surface area contributed by atoms with E-state index in [1.165, 1.54) is 7.11 Å². The van der Waals surface area contributed by atoms with E-state index in [-0.39, 0.29) is 29.9 Å². The fourth-order valence-corrected chi connectivity index (χ4v) is 2.38. The van der Waals surface area contributed by atoms with Crippen molar-refractivity contribution in [3.05, 3.63) is 23.8 Å². The third-order valence-electron chi connectivity index (χ3n) is 3.78. The SMILES string of the molecule is CCNC(=NCCCCC(=O)OC)NCCc1ccc(OC)c(OC)c1.I. The molecule has 0 saturated heterocycles. The number of hydrogen-bond acceptors (Lipinski definition) is 5. The largest absolute Gasteiger partial charge is 0.493 e. The van der Waals surface area contributed by atoms with E-state index in [1.54, 1.807) is 14.2 Å². The number of carbonyl (C=O) groups excluding carboxylic acids is 1. The van der Waals surface area contributed by atoms with E-state index < -0.39 is 0 Å². The quantitative estimate of drug-likeness (QED) is 0.162. The van der Waals surface area contributed by atoms with Gasteiger partial charge < -0.3 is 24.8 Å². The summed E-state index contributed by atoms with van der Waals surface area (Å²) in [5.74, 6) is 2.07. The molecular formula is C19H32IN3O4. The maximum Gasteiger partial charge on any atom is 0.305 e. The molecule has 0 heterocycles. The normalized spacial score (nSPS) is 10.6. The molecule has 0 saturated carbocycles. The van der Waals surface area contributed by atoms with E-state index in [0.717, 1.165) is 55.4 Å². The summed E-state index contributed by atoms with van der Waals surface area (Å²) in [4.78, 5) is 15.6. The number of halogens is 1. The molecule has 0 aliphatic rings. The molecule has 0 unspecified atom stereocenters. The van der Waals surface area contributed by atoms with Crippen LogP contribution < -0.4 is 20.1 Å². The Morgan fingerprint density at radius 1 is 1.07 bits per heavy atom. The molecule has 0 amide bonds. The van der Waals surface area contributed by atoms with E-state index in [2.05, 4.69) is 20.4 Å². The van der Waals surface area contributed by atoms with Crippen LogP contribution in [0.15, 0.2) is 23.2 Å². The van der Waals surface area contributed by atoms with Gasteiger partial charge >= 0.3 is 5.97 Å². The molecule has 0 aromatic heterocycles. The first-order valence-electron chi connectivity index (χ1n) is 8.94. The van der Waals surface area contributed by atoms with Crippen molar-refractivity contribution in [3.8, 4) is 11.5 Å². The lowest BCUT2D eigenvalue weighted by Crippen LogP contribution is -2.38. The predicted octanol–water partition coefficient (Wildman–Crippen LogP) is 2.76. The van der Waals surface area contributed by atoms with Crippen molar-refractivity contribution in [2.24, 2.45) is 4.99 Å². The molecule has 7 nitrogen and oxygen atoms in total. The Hall–Kier alpha value is -1.71. The lowest BCUT2D eigenvalue weighted by Gasteiger charge is -2.12. The average molecular weight is 493 g/mol. The van der Waals surface area contributed by atoms with Crippen molar-refractivity contribution in [3.63, 3.8) is 0 Å². The van der Waals surface area contributed by atoms with Crippen molar-refractivity contribution in [2.45, 2.75) is 32.6 Å². The number of esters is 1. The number of carbonyl (C=O) groups is 1. The minimum Gasteiger partial charge on any atom is -0.493 e. The number of nitrogens with one attached hydrogen (secondary N) is 2. The van der Waals surface area contributed by atoms with E-state index in [1.807, 2.05) is 25.1 Å². The number of rotatable bonds is 11. The van der Waals surface area contributed by atoms with Gasteiger partial charge in [-0.3, -0.25) is 9.79 Å². The summed E-state index contributed by atoms with van der Waals surface area (Å²) in [5.41, 5.74) is 1.16. The smallest absolute Gasteiger partial charge is 0.305 e. The van der Waals surface area contributed by atoms with Gasteiger partial charge in [0.2, 0.25) is 0 Å². The third kappa shape index (κ3) is 10.3. The fourth-order valence-electron chi connectivity index (χ4n) is 2.38. The minimum absolute atomic E-state index is 0. The Labute approximate surface area is 179 Å². The molecule has 0 aliphatic carbocycles. The molecule has 0 spiro atoms. The van der Waals surface area contributed by atoms with Gasteiger partial charge in [-0.2, -0.15) is 0 Å². The van der Waals surface area contributed by atoms with Crippen LogP contribution in [0.1, 0.15) is 31.7 Å². The summed E-state index contributed by atoms with van der Waals surface area (Å²) in [7, 11) is 4.67. The van der Waals surface area contributed by atoms with Gasteiger partial charge in [-0.15, -0.1) is 24.0 Å². The Morgan fingerprint density at radius 3 is 2.44 bits per heavy atom. The van der Waals surface area contributed by atoms with Gasteiger partial charge in [0, 0.05) is 26.1 Å². The molecule has 1 aromatic carbocycles. The number of aliphatic imine (C=N–C) groups is 1. The summed E-state index contributed by atoms with van der Waals surface area (Å²) in [6.45, 7) is 4.25. The summed E-state index contributed by atoms with van der Waals surface area (Å²) in [5, 5.41) is 6.54. The first-order chi connectivity index (χ1) is 12.6. The second kappa shape index (κ2) is 15.4. The van der Waals surface area contributed by atoms with Crippen LogP contribution in [0.3, 0.4) is 0 Å². The van der Waals surface area contributed by atoms with Crippen LogP contribution in [0.5, 0.6) is 11.5 Å². The zero-order valence-corrected chi connectivity index (χ0v) is 19.0. The summed E-state index contributed by atoms with van der Waals surface area (Å²) < 4.78 is 15.2. The van der Waals surface area contributed by atoms with Crippen LogP contribution in [-0.2, 0) is 16.0 Å². The Bertz CT molecular complexity index is 582. The average Bonchev–Trinajstić information content (AvgIpc) is 2.67. The van der Waals surface area contributed by atoms with Crippen molar-refractivity contribution >= 4 is 35.9 Å². The maximum atomic E-state index is 11.1. The Balaban J connectivity index is 0.00000676. The molecule has 27 heavy (non-hydrogen) atoms. The number of hydrogen-bond donors (Lipinski definition) is 2. The molecule has 0 atom stereocenters. The van der Waals surface area contributed by atoms with E-state index >= 15 is 0 Å². The number of methoxy groups -OCH3 is 3. The predicted molar refractivity (Wildman–Crippen MR) is 119 cm³/mol. The van der Waals surface area contributed by atoms with Crippen LogP contribution in [-0.4, -0.2) is 52.9 Å². The highest BCUT2D eigenvalue weighted by atomic mass is 127. The van der Waals surface area contributed by atoms with Gasteiger partial charge in [-0.1, -0.05) is 6.07 Å². The van der Waals surface area contributed by atoms with Gasteiger partial charge in [0.05, 0.1) is 21.3 Å². The Kier molecular flexibility index (Phi) is 14.4. The molecule has 2 N–H and O–H groups in total. The van der Waals surface area contributed by atoms with Crippen LogP contribution in [0, 0.1) is 0 Å². The number of guanidine groups is 1.